The molecule has 3 aromatic rings. The van der Waals surface area contributed by atoms with Gasteiger partial charge in [-0.3, -0.25) is 0 Å². The first-order valence-corrected chi connectivity index (χ1v) is 12.2. The minimum atomic E-state index is -3.22. The Labute approximate surface area is 195 Å². The van der Waals surface area contributed by atoms with Crippen LogP contribution in [0.5, 0.6) is 0 Å². The highest BCUT2D eigenvalue weighted by molar-refractivity contribution is 7.90. The average molecular weight is 472 g/mol. The van der Waals surface area contributed by atoms with Crippen LogP contribution in [0.1, 0.15) is 28.3 Å². The number of ether oxygens (including phenoxy) is 1. The third-order valence-electron chi connectivity index (χ3n) is 5.65. The molecule has 0 amide bonds. The van der Waals surface area contributed by atoms with Gasteiger partial charge >= 0.3 is 5.97 Å². The van der Waals surface area contributed by atoms with Crippen molar-refractivity contribution in [2.45, 2.75) is 23.3 Å². The lowest BCUT2D eigenvalue weighted by Crippen LogP contribution is -2.42. The van der Waals surface area contributed by atoms with Gasteiger partial charge in [0.25, 0.3) is 0 Å². The van der Waals surface area contributed by atoms with Crippen LogP contribution >= 0.6 is 12.4 Å². The fourth-order valence-electron chi connectivity index (χ4n) is 3.93. The molecule has 0 bridgehead atoms. The summed E-state index contributed by atoms with van der Waals surface area (Å²) in [4.78, 5) is 13.1. The zero-order chi connectivity index (χ0) is 21.8. The summed E-state index contributed by atoms with van der Waals surface area (Å²) in [5, 5.41) is 3.32. The molecule has 1 heterocycles. The van der Waals surface area contributed by atoms with Crippen LogP contribution in [0.3, 0.4) is 0 Å². The Bertz CT molecular complexity index is 1150. The van der Waals surface area contributed by atoms with E-state index in [0.29, 0.717) is 12.1 Å². The molecule has 1 aliphatic rings. The molecular weight excluding hydrogens is 446 g/mol. The van der Waals surface area contributed by atoms with Gasteiger partial charge < -0.3 is 10.1 Å². The monoisotopic (exact) mass is 471 g/mol. The molecule has 1 aliphatic heterocycles. The summed E-state index contributed by atoms with van der Waals surface area (Å²) in [5.74, 6) is -0.160. The molecule has 0 aromatic heterocycles. The number of hydrogen-bond donors (Lipinski definition) is 1. The Kier molecular flexibility index (Phi) is 7.72. The summed E-state index contributed by atoms with van der Waals surface area (Å²) >= 11 is 0. The summed E-state index contributed by atoms with van der Waals surface area (Å²) < 4.78 is 29.1. The van der Waals surface area contributed by atoms with Crippen LogP contribution in [0.2, 0.25) is 0 Å². The van der Waals surface area contributed by atoms with Crippen molar-refractivity contribution in [2.24, 2.45) is 0 Å². The predicted octanol–water partition coefficient (Wildman–Crippen LogP) is 4.48. The van der Waals surface area contributed by atoms with Crippen molar-refractivity contribution < 1.29 is 17.9 Å². The molecule has 1 fully saturated rings. The van der Waals surface area contributed by atoms with Gasteiger partial charge in [0.2, 0.25) is 0 Å². The molecule has 0 aliphatic carbocycles. The third kappa shape index (κ3) is 5.57. The lowest BCUT2D eigenvalue weighted by Gasteiger charge is -2.32. The van der Waals surface area contributed by atoms with E-state index in [2.05, 4.69) is 17.4 Å². The largest absolute Gasteiger partial charge is 0.457 e. The molecular formula is C25H26ClNO4S. The second kappa shape index (κ2) is 10.3. The topological polar surface area (TPSA) is 72.5 Å². The Morgan fingerprint density at radius 2 is 1.50 bits per heavy atom. The number of hydrogen-bond acceptors (Lipinski definition) is 5. The maximum atomic E-state index is 12.8. The van der Waals surface area contributed by atoms with Gasteiger partial charge in [-0.25, -0.2) is 13.2 Å². The second-order valence-corrected chi connectivity index (χ2v) is 9.84. The van der Waals surface area contributed by atoms with E-state index in [1.807, 2.05) is 30.3 Å². The van der Waals surface area contributed by atoms with E-state index in [1.54, 1.807) is 36.4 Å². The number of benzene rings is 3. The first-order chi connectivity index (χ1) is 14.9. The first kappa shape index (κ1) is 24.0. The van der Waals surface area contributed by atoms with E-state index in [-0.39, 0.29) is 35.3 Å². The molecule has 1 saturated heterocycles. The highest BCUT2D eigenvalue weighted by Crippen LogP contribution is 2.28. The Hall–Kier alpha value is -2.67. The summed E-state index contributed by atoms with van der Waals surface area (Å²) in [6, 6.07) is 24.1. The number of sulfone groups is 1. The van der Waals surface area contributed by atoms with Crippen LogP contribution < -0.4 is 5.32 Å². The van der Waals surface area contributed by atoms with Gasteiger partial charge in [0.1, 0.15) is 6.10 Å². The highest BCUT2D eigenvalue weighted by Gasteiger charge is 2.29. The SMILES string of the molecule is CS(=O)(=O)c1ccc(-c2ccc(C(=O)O[C@@H]3CNCC[C@H]3c3ccccc3)cc2)cc1.Cl. The van der Waals surface area contributed by atoms with Crippen LogP contribution in [0, 0.1) is 0 Å². The van der Waals surface area contributed by atoms with E-state index >= 15 is 0 Å². The molecule has 32 heavy (non-hydrogen) atoms. The van der Waals surface area contributed by atoms with Crippen molar-refractivity contribution in [3.8, 4) is 11.1 Å². The summed E-state index contributed by atoms with van der Waals surface area (Å²) in [7, 11) is -3.22. The molecule has 4 rings (SSSR count). The second-order valence-electron chi connectivity index (χ2n) is 7.83. The number of halogens is 1. The van der Waals surface area contributed by atoms with Crippen LogP contribution in [-0.4, -0.2) is 39.8 Å². The zero-order valence-corrected chi connectivity index (χ0v) is 19.4. The molecule has 168 valence electrons. The van der Waals surface area contributed by atoms with Crippen molar-refractivity contribution in [2.75, 3.05) is 19.3 Å². The molecule has 5 nitrogen and oxygen atoms in total. The van der Waals surface area contributed by atoms with Gasteiger partial charge in [0, 0.05) is 18.7 Å². The van der Waals surface area contributed by atoms with Crippen molar-refractivity contribution in [3.05, 3.63) is 90.0 Å². The smallest absolute Gasteiger partial charge is 0.338 e. The molecule has 7 heteroatoms. The summed E-state index contributed by atoms with van der Waals surface area (Å²) in [6.45, 7) is 1.54. The van der Waals surface area contributed by atoms with E-state index in [4.69, 9.17) is 4.74 Å². The normalized spacial score (nSPS) is 18.4. The number of nitrogens with one attached hydrogen (secondary N) is 1. The number of piperidine rings is 1. The molecule has 3 aromatic carbocycles. The quantitative estimate of drug-likeness (QED) is 0.555. The van der Waals surface area contributed by atoms with Gasteiger partial charge in [-0.05, 0) is 53.9 Å². The number of carbonyl (C=O) groups is 1. The van der Waals surface area contributed by atoms with Gasteiger partial charge in [0.15, 0.2) is 9.84 Å². The van der Waals surface area contributed by atoms with E-state index in [1.165, 1.54) is 11.8 Å². The van der Waals surface area contributed by atoms with Crippen molar-refractivity contribution in [1.82, 2.24) is 5.32 Å². The Balaban J connectivity index is 0.00000289. The van der Waals surface area contributed by atoms with Crippen LogP contribution in [0.15, 0.2) is 83.8 Å². The fourth-order valence-corrected chi connectivity index (χ4v) is 4.56. The van der Waals surface area contributed by atoms with Crippen molar-refractivity contribution in [1.29, 1.82) is 0 Å². The van der Waals surface area contributed by atoms with E-state index in [9.17, 15) is 13.2 Å². The predicted molar refractivity (Wildman–Crippen MR) is 128 cm³/mol. The van der Waals surface area contributed by atoms with Gasteiger partial charge in [-0.1, -0.05) is 54.6 Å². The minimum Gasteiger partial charge on any atom is -0.457 e. The number of rotatable bonds is 5. The first-order valence-electron chi connectivity index (χ1n) is 10.3. The minimum absolute atomic E-state index is 0. The maximum absolute atomic E-state index is 12.8. The Morgan fingerprint density at radius 1 is 0.906 bits per heavy atom. The van der Waals surface area contributed by atoms with Gasteiger partial charge in [-0.2, -0.15) is 0 Å². The summed E-state index contributed by atoms with van der Waals surface area (Å²) in [5.41, 5.74) is 3.47. The van der Waals surface area contributed by atoms with Crippen LogP contribution in [0.25, 0.3) is 11.1 Å². The molecule has 0 saturated carbocycles. The van der Waals surface area contributed by atoms with Crippen LogP contribution in [-0.2, 0) is 14.6 Å². The fraction of sp³-hybridized carbons (Fsp3) is 0.240. The summed E-state index contributed by atoms with van der Waals surface area (Å²) in [6.07, 6.45) is 1.89. The van der Waals surface area contributed by atoms with Gasteiger partial charge in [0.05, 0.1) is 10.5 Å². The lowest BCUT2D eigenvalue weighted by molar-refractivity contribution is 0.0182. The number of carbonyl (C=O) groups excluding carboxylic acids is 1. The van der Waals surface area contributed by atoms with Crippen molar-refractivity contribution in [3.63, 3.8) is 0 Å². The van der Waals surface area contributed by atoms with Gasteiger partial charge in [-0.15, -0.1) is 12.4 Å². The zero-order valence-electron chi connectivity index (χ0n) is 17.7. The van der Waals surface area contributed by atoms with E-state index in [0.717, 1.165) is 24.1 Å². The average Bonchev–Trinajstić information content (AvgIpc) is 2.80. The molecule has 0 spiro atoms. The molecule has 1 N–H and O–H groups in total. The lowest BCUT2D eigenvalue weighted by atomic mass is 9.88. The molecule has 0 radical (unpaired) electrons. The van der Waals surface area contributed by atoms with Crippen LogP contribution in [0.4, 0.5) is 0 Å². The number of esters is 1. The Morgan fingerprint density at radius 3 is 2.09 bits per heavy atom. The molecule has 2 atom stereocenters. The highest BCUT2D eigenvalue weighted by atomic mass is 35.5. The van der Waals surface area contributed by atoms with E-state index < -0.39 is 9.84 Å². The third-order valence-corrected chi connectivity index (χ3v) is 6.78. The standard InChI is InChI=1S/C25H25NO4S.ClH/c1-31(28,29)22-13-11-19(12-14-22)18-7-9-21(10-8-18)25(27)30-24-17-26-16-15-23(24)20-5-3-2-4-6-20;/h2-14,23-24,26H,15-17H2,1H3;1H/t23-,24+;/m0./s1. The molecule has 0 unspecified atom stereocenters. The van der Waals surface area contributed by atoms with Crippen molar-refractivity contribution >= 4 is 28.2 Å². The maximum Gasteiger partial charge on any atom is 0.338 e.